The van der Waals surface area contributed by atoms with Crippen LogP contribution in [-0.2, 0) is 4.74 Å². The van der Waals surface area contributed by atoms with Crippen molar-refractivity contribution in [3.8, 4) is 0 Å². The van der Waals surface area contributed by atoms with Gasteiger partial charge in [0.2, 0.25) is 0 Å². The summed E-state index contributed by atoms with van der Waals surface area (Å²) < 4.78 is 3.08. The van der Waals surface area contributed by atoms with E-state index in [-0.39, 0.29) is 0 Å². The highest BCUT2D eigenvalue weighted by Crippen LogP contribution is 2.17. The number of hydrogen-bond acceptors (Lipinski definition) is 3. The van der Waals surface area contributed by atoms with Gasteiger partial charge < -0.3 is 14.9 Å². The number of allylic oxidation sites excluding steroid dienone is 3. The molecular weight excluding hydrogens is 200 g/mol. The lowest BCUT2D eigenvalue weighted by Gasteiger charge is -2.11. The molecule has 2 N–H and O–H groups in total. The van der Waals surface area contributed by atoms with Crippen LogP contribution < -0.4 is 0 Å². The van der Waals surface area contributed by atoms with Gasteiger partial charge in [-0.25, -0.2) is 9.59 Å². The van der Waals surface area contributed by atoms with Gasteiger partial charge in [0.15, 0.2) is 0 Å². The van der Waals surface area contributed by atoms with Crippen LogP contribution in [0.1, 0.15) is 19.3 Å². The fourth-order valence-corrected chi connectivity index (χ4v) is 1.11. The molecule has 5 heteroatoms. The van der Waals surface area contributed by atoms with Gasteiger partial charge in [0.05, 0.1) is 0 Å². The molecule has 1 aliphatic carbocycles. The third kappa shape index (κ3) is 8.55. The van der Waals surface area contributed by atoms with Crippen molar-refractivity contribution in [1.82, 2.24) is 0 Å². The molecule has 15 heavy (non-hydrogen) atoms. The second kappa shape index (κ2) is 7.61. The summed E-state index contributed by atoms with van der Waals surface area (Å²) in [6, 6.07) is 0. The number of carboxylic acid groups (broad SMARTS) is 2. The molecule has 0 aromatic carbocycles. The van der Waals surface area contributed by atoms with Crippen LogP contribution in [0.3, 0.4) is 0 Å². The molecule has 0 saturated heterocycles. The summed E-state index contributed by atoms with van der Waals surface area (Å²) in [5.74, 6) is 0.764. The monoisotopic (exact) mass is 214 g/mol. The van der Waals surface area contributed by atoms with Crippen LogP contribution in [0.2, 0.25) is 0 Å². The van der Waals surface area contributed by atoms with Crippen molar-refractivity contribution in [3.05, 3.63) is 24.8 Å². The minimum Gasteiger partial charge on any atom is -0.449 e. The van der Waals surface area contributed by atoms with E-state index in [1.54, 1.807) is 0 Å². The Morgan fingerprint density at radius 2 is 1.93 bits per heavy atom. The summed E-state index contributed by atoms with van der Waals surface area (Å²) in [5, 5.41) is 15.0. The second-order valence-electron chi connectivity index (χ2n) is 2.91. The SMILES string of the molecule is C=CC1CC=CCC1.O=C(O)OC(=O)O. The topological polar surface area (TPSA) is 83.8 Å². The van der Waals surface area contributed by atoms with Crippen molar-refractivity contribution < 1.29 is 24.5 Å². The first-order valence-electron chi connectivity index (χ1n) is 4.47. The minimum atomic E-state index is -1.81. The van der Waals surface area contributed by atoms with E-state index in [2.05, 4.69) is 29.5 Å². The van der Waals surface area contributed by atoms with E-state index < -0.39 is 12.3 Å². The van der Waals surface area contributed by atoms with E-state index >= 15 is 0 Å². The van der Waals surface area contributed by atoms with Gasteiger partial charge in [-0.05, 0) is 25.2 Å². The summed E-state index contributed by atoms with van der Waals surface area (Å²) in [6.07, 6.45) is 6.69. The quantitative estimate of drug-likeness (QED) is 0.398. The van der Waals surface area contributed by atoms with E-state index in [0.717, 1.165) is 5.92 Å². The number of carbonyl (C=O) groups is 2. The Morgan fingerprint density at radius 3 is 2.13 bits per heavy atom. The molecule has 5 nitrogen and oxygen atoms in total. The predicted molar refractivity (Wildman–Crippen MR) is 53.8 cm³/mol. The van der Waals surface area contributed by atoms with Crippen molar-refractivity contribution in [3.63, 3.8) is 0 Å². The highest BCUT2D eigenvalue weighted by Gasteiger charge is 2.03. The Hall–Kier alpha value is -1.78. The maximum atomic E-state index is 9.21. The Morgan fingerprint density at radius 1 is 1.33 bits per heavy atom. The van der Waals surface area contributed by atoms with Crippen LogP contribution in [0.15, 0.2) is 24.8 Å². The second-order valence-corrected chi connectivity index (χ2v) is 2.91. The lowest BCUT2D eigenvalue weighted by atomic mass is 9.95. The van der Waals surface area contributed by atoms with E-state index in [4.69, 9.17) is 10.2 Å². The molecule has 0 saturated carbocycles. The van der Waals surface area contributed by atoms with Crippen LogP contribution >= 0.6 is 0 Å². The molecule has 0 aromatic rings. The smallest absolute Gasteiger partial charge is 0.449 e. The number of hydrogen-bond donors (Lipinski definition) is 2. The van der Waals surface area contributed by atoms with Gasteiger partial charge in [-0.15, -0.1) is 6.58 Å². The molecule has 0 aliphatic heterocycles. The zero-order valence-electron chi connectivity index (χ0n) is 8.26. The van der Waals surface area contributed by atoms with E-state index in [1.165, 1.54) is 19.3 Å². The molecule has 0 bridgehead atoms. The van der Waals surface area contributed by atoms with Crippen LogP contribution in [0.25, 0.3) is 0 Å². The molecule has 1 atom stereocenters. The molecule has 1 aliphatic rings. The molecule has 84 valence electrons. The minimum absolute atomic E-state index is 0.764. The van der Waals surface area contributed by atoms with Gasteiger partial charge in [-0.3, -0.25) is 0 Å². The number of ether oxygens (including phenoxy) is 1. The van der Waals surface area contributed by atoms with Crippen molar-refractivity contribution in [2.45, 2.75) is 19.3 Å². The van der Waals surface area contributed by atoms with Crippen LogP contribution in [0, 0.1) is 5.92 Å². The maximum Gasteiger partial charge on any atom is 0.516 e. The maximum absolute atomic E-state index is 9.21. The van der Waals surface area contributed by atoms with Gasteiger partial charge in [0, 0.05) is 0 Å². The summed E-state index contributed by atoms with van der Waals surface area (Å²) in [4.78, 5) is 18.4. The highest BCUT2D eigenvalue weighted by atomic mass is 16.7. The molecule has 0 heterocycles. The zero-order chi connectivity index (χ0) is 11.7. The van der Waals surface area contributed by atoms with Gasteiger partial charge in [-0.2, -0.15) is 0 Å². The summed E-state index contributed by atoms with van der Waals surface area (Å²) >= 11 is 0. The molecule has 0 fully saturated rings. The third-order valence-corrected chi connectivity index (χ3v) is 1.82. The first kappa shape index (κ1) is 13.2. The van der Waals surface area contributed by atoms with Crippen molar-refractivity contribution >= 4 is 12.3 Å². The molecule has 0 aromatic heterocycles. The van der Waals surface area contributed by atoms with Crippen molar-refractivity contribution in [1.29, 1.82) is 0 Å². The van der Waals surface area contributed by atoms with Crippen LogP contribution in [0.4, 0.5) is 9.59 Å². The molecule has 0 amide bonds. The Balaban J connectivity index is 0.000000265. The Kier molecular flexibility index (Phi) is 6.70. The molecule has 0 spiro atoms. The zero-order valence-corrected chi connectivity index (χ0v) is 8.26. The van der Waals surface area contributed by atoms with Crippen LogP contribution in [-0.4, -0.2) is 22.5 Å². The van der Waals surface area contributed by atoms with Gasteiger partial charge in [0.25, 0.3) is 0 Å². The molecule has 0 radical (unpaired) electrons. The number of rotatable bonds is 1. The molecule has 1 rings (SSSR count). The lowest BCUT2D eigenvalue weighted by Crippen LogP contribution is -2.05. The average Bonchev–Trinajstić information content (AvgIpc) is 2.18. The highest BCUT2D eigenvalue weighted by molar-refractivity contribution is 5.74. The third-order valence-electron chi connectivity index (χ3n) is 1.82. The van der Waals surface area contributed by atoms with Crippen molar-refractivity contribution in [2.24, 2.45) is 5.92 Å². The summed E-state index contributed by atoms with van der Waals surface area (Å²) in [5.41, 5.74) is 0. The Bertz CT molecular complexity index is 245. The first-order valence-corrected chi connectivity index (χ1v) is 4.47. The predicted octanol–water partition coefficient (Wildman–Crippen LogP) is 2.89. The largest absolute Gasteiger partial charge is 0.516 e. The summed E-state index contributed by atoms with van der Waals surface area (Å²) in [6.45, 7) is 3.75. The van der Waals surface area contributed by atoms with E-state index in [9.17, 15) is 9.59 Å². The lowest BCUT2D eigenvalue weighted by molar-refractivity contribution is 0.0802. The molecule has 1 unspecified atom stereocenters. The van der Waals surface area contributed by atoms with E-state index in [0.29, 0.717) is 0 Å². The fourth-order valence-electron chi connectivity index (χ4n) is 1.11. The standard InChI is InChI=1S/C8H12.C2H2O5/c1-2-8-6-4-3-5-7-8;3-1(4)7-2(5)6/h2-4,8H,1,5-7H2;(H,3,4)(H,5,6). The average molecular weight is 214 g/mol. The fraction of sp³-hybridized carbons (Fsp3) is 0.400. The van der Waals surface area contributed by atoms with Crippen molar-refractivity contribution in [2.75, 3.05) is 0 Å². The van der Waals surface area contributed by atoms with Gasteiger partial charge in [-0.1, -0.05) is 18.2 Å². The van der Waals surface area contributed by atoms with Crippen LogP contribution in [0.5, 0.6) is 0 Å². The Labute approximate surface area is 87.7 Å². The van der Waals surface area contributed by atoms with E-state index in [1.807, 2.05) is 0 Å². The first-order chi connectivity index (χ1) is 7.06. The summed E-state index contributed by atoms with van der Waals surface area (Å²) in [7, 11) is 0. The molecular formula is C10H14O5. The normalized spacial score (nSPS) is 18.3. The van der Waals surface area contributed by atoms with Gasteiger partial charge >= 0.3 is 12.3 Å². The van der Waals surface area contributed by atoms with Gasteiger partial charge in [0.1, 0.15) is 0 Å².